The fourth-order valence-corrected chi connectivity index (χ4v) is 2.99. The number of benzene rings is 2. The largest absolute Gasteiger partial charge is 0.497 e. The molecule has 5 heteroatoms. The number of hydrogen-bond acceptors (Lipinski definition) is 4. The van der Waals surface area contributed by atoms with Gasteiger partial charge in [-0.1, -0.05) is 37.3 Å². The van der Waals surface area contributed by atoms with E-state index in [1.165, 1.54) is 0 Å². The van der Waals surface area contributed by atoms with Gasteiger partial charge in [0.1, 0.15) is 17.3 Å². The lowest BCUT2D eigenvalue weighted by Gasteiger charge is -2.06. The number of methoxy groups -OCH3 is 1. The van der Waals surface area contributed by atoms with Crippen LogP contribution in [0, 0.1) is 0 Å². The average molecular weight is 344 g/mol. The molecule has 0 atom stereocenters. The smallest absolute Gasteiger partial charge is 0.200 e. The Bertz CT molecular complexity index is 1050. The molecule has 0 saturated heterocycles. The lowest BCUT2D eigenvalue weighted by Crippen LogP contribution is -2.03. The van der Waals surface area contributed by atoms with Gasteiger partial charge in [0.2, 0.25) is 0 Å². The van der Waals surface area contributed by atoms with E-state index in [9.17, 15) is 0 Å². The van der Waals surface area contributed by atoms with Gasteiger partial charge in [-0.25, -0.2) is 9.67 Å². The first-order valence-corrected chi connectivity index (χ1v) is 8.74. The molecule has 0 fully saturated rings. The Hall–Kier alpha value is -3.21. The van der Waals surface area contributed by atoms with Crippen LogP contribution in [0.4, 0.5) is 0 Å². The molecule has 2 aromatic heterocycles. The average Bonchev–Trinajstić information content (AvgIpc) is 3.12. The second kappa shape index (κ2) is 6.96. The third-order valence-electron chi connectivity index (χ3n) is 4.31. The van der Waals surface area contributed by atoms with E-state index in [0.717, 1.165) is 46.6 Å². The van der Waals surface area contributed by atoms with Crippen LogP contribution in [0.1, 0.15) is 19.2 Å². The van der Waals surface area contributed by atoms with E-state index in [1.54, 1.807) is 7.11 Å². The zero-order chi connectivity index (χ0) is 17.9. The second-order valence-corrected chi connectivity index (χ2v) is 6.13. The summed E-state index contributed by atoms with van der Waals surface area (Å²) in [5, 5.41) is 6.98. The van der Waals surface area contributed by atoms with Crippen molar-refractivity contribution in [2.75, 3.05) is 7.11 Å². The van der Waals surface area contributed by atoms with E-state index in [1.807, 2.05) is 53.3 Å². The molecule has 0 aliphatic heterocycles. The van der Waals surface area contributed by atoms with Crippen LogP contribution in [0.5, 0.6) is 5.75 Å². The summed E-state index contributed by atoms with van der Waals surface area (Å²) in [6.07, 6.45) is 3.71. The van der Waals surface area contributed by atoms with E-state index in [4.69, 9.17) is 14.8 Å². The molecule has 0 saturated carbocycles. The topological polar surface area (TPSA) is 52.8 Å². The molecule has 0 aliphatic rings. The van der Waals surface area contributed by atoms with Crippen LogP contribution in [0.15, 0.2) is 60.8 Å². The summed E-state index contributed by atoms with van der Waals surface area (Å²) in [5.74, 6) is 2.36. The highest BCUT2D eigenvalue weighted by molar-refractivity contribution is 5.84. The van der Waals surface area contributed by atoms with Gasteiger partial charge in [0.05, 0.1) is 12.8 Å². The second-order valence-electron chi connectivity index (χ2n) is 6.13. The standard InChI is InChI=1S/C21H20N4O/c1-3-7-20-23-21(19-12-15-8-4-5-9-16(15)14-22-19)24-25(20)17-10-6-11-18(13-17)26-2/h4-6,8-14H,3,7H2,1-2H3. The fourth-order valence-electron chi connectivity index (χ4n) is 2.99. The van der Waals surface area contributed by atoms with Crippen molar-refractivity contribution in [1.29, 1.82) is 0 Å². The number of pyridine rings is 1. The summed E-state index contributed by atoms with van der Waals surface area (Å²) in [5.41, 5.74) is 1.72. The van der Waals surface area contributed by atoms with E-state index in [2.05, 4.69) is 24.0 Å². The summed E-state index contributed by atoms with van der Waals surface area (Å²) in [7, 11) is 1.66. The first kappa shape index (κ1) is 16.3. The Balaban J connectivity index is 1.81. The highest BCUT2D eigenvalue weighted by atomic mass is 16.5. The Morgan fingerprint density at radius 2 is 1.85 bits per heavy atom. The van der Waals surface area contributed by atoms with E-state index in [0.29, 0.717) is 5.82 Å². The van der Waals surface area contributed by atoms with Crippen LogP contribution in [0.3, 0.4) is 0 Å². The maximum atomic E-state index is 5.34. The van der Waals surface area contributed by atoms with Crippen LogP contribution in [-0.4, -0.2) is 26.9 Å². The fraction of sp³-hybridized carbons (Fsp3) is 0.190. The zero-order valence-electron chi connectivity index (χ0n) is 14.9. The van der Waals surface area contributed by atoms with E-state index in [-0.39, 0.29) is 0 Å². The van der Waals surface area contributed by atoms with Gasteiger partial charge in [0.15, 0.2) is 5.82 Å². The Kier molecular flexibility index (Phi) is 4.35. The molecule has 0 N–H and O–H groups in total. The number of rotatable bonds is 5. The van der Waals surface area contributed by atoms with Crippen molar-refractivity contribution in [2.24, 2.45) is 0 Å². The SMILES string of the molecule is CCCc1nc(-c2cc3ccccc3cn2)nn1-c1cccc(OC)c1. The molecule has 0 aliphatic carbocycles. The molecule has 0 bridgehead atoms. The lowest BCUT2D eigenvalue weighted by atomic mass is 10.1. The number of ether oxygens (including phenoxy) is 1. The molecular weight excluding hydrogens is 324 g/mol. The number of aryl methyl sites for hydroxylation is 1. The zero-order valence-corrected chi connectivity index (χ0v) is 14.9. The van der Waals surface area contributed by atoms with Crippen LogP contribution < -0.4 is 4.74 Å². The van der Waals surface area contributed by atoms with Gasteiger partial charge < -0.3 is 4.74 Å². The molecule has 4 aromatic rings. The quantitative estimate of drug-likeness (QED) is 0.537. The first-order chi connectivity index (χ1) is 12.8. The molecular formula is C21H20N4O. The number of fused-ring (bicyclic) bond motifs is 1. The first-order valence-electron chi connectivity index (χ1n) is 8.74. The molecule has 4 rings (SSSR count). The number of hydrogen-bond donors (Lipinski definition) is 0. The molecule has 26 heavy (non-hydrogen) atoms. The highest BCUT2D eigenvalue weighted by Crippen LogP contribution is 2.23. The van der Waals surface area contributed by atoms with E-state index >= 15 is 0 Å². The lowest BCUT2D eigenvalue weighted by molar-refractivity contribution is 0.414. The van der Waals surface area contributed by atoms with Crippen molar-refractivity contribution >= 4 is 10.8 Å². The van der Waals surface area contributed by atoms with Gasteiger partial charge in [-0.05, 0) is 30.0 Å². The molecule has 2 heterocycles. The van der Waals surface area contributed by atoms with E-state index < -0.39 is 0 Å². The Morgan fingerprint density at radius 1 is 1.00 bits per heavy atom. The normalized spacial score (nSPS) is 11.0. The van der Waals surface area contributed by atoms with Crippen molar-refractivity contribution in [3.05, 3.63) is 66.6 Å². The Morgan fingerprint density at radius 3 is 2.65 bits per heavy atom. The van der Waals surface area contributed by atoms with Crippen LogP contribution in [0.2, 0.25) is 0 Å². The minimum atomic E-state index is 0.641. The van der Waals surface area contributed by atoms with Gasteiger partial charge in [-0.15, -0.1) is 5.10 Å². The monoisotopic (exact) mass is 344 g/mol. The van der Waals surface area contributed by atoms with Gasteiger partial charge in [-0.2, -0.15) is 0 Å². The predicted molar refractivity (Wildman–Crippen MR) is 103 cm³/mol. The summed E-state index contributed by atoms with van der Waals surface area (Å²) < 4.78 is 7.23. The maximum absolute atomic E-state index is 5.34. The summed E-state index contributed by atoms with van der Waals surface area (Å²) in [6, 6.07) is 18.1. The maximum Gasteiger partial charge on any atom is 0.200 e. The van der Waals surface area contributed by atoms with Crippen molar-refractivity contribution in [1.82, 2.24) is 19.7 Å². The molecule has 5 nitrogen and oxygen atoms in total. The summed E-state index contributed by atoms with van der Waals surface area (Å²) >= 11 is 0. The molecule has 130 valence electrons. The molecule has 0 unspecified atom stereocenters. The third-order valence-corrected chi connectivity index (χ3v) is 4.31. The molecule has 0 radical (unpaired) electrons. The molecule has 0 amide bonds. The van der Waals surface area contributed by atoms with Crippen molar-refractivity contribution in [3.8, 4) is 23.0 Å². The predicted octanol–water partition coefficient (Wildman–Crippen LogP) is 4.44. The van der Waals surface area contributed by atoms with Crippen LogP contribution in [0.25, 0.3) is 28.0 Å². The van der Waals surface area contributed by atoms with Gasteiger partial charge in [0.25, 0.3) is 0 Å². The Labute approximate surface area is 152 Å². The summed E-state index contributed by atoms with van der Waals surface area (Å²) in [6.45, 7) is 2.14. The van der Waals surface area contributed by atoms with Crippen molar-refractivity contribution < 1.29 is 4.74 Å². The third kappa shape index (κ3) is 3.04. The van der Waals surface area contributed by atoms with Crippen LogP contribution in [-0.2, 0) is 6.42 Å². The minimum Gasteiger partial charge on any atom is -0.497 e. The van der Waals surface area contributed by atoms with Gasteiger partial charge in [-0.3, -0.25) is 4.98 Å². The molecule has 0 spiro atoms. The minimum absolute atomic E-state index is 0.641. The van der Waals surface area contributed by atoms with Crippen molar-refractivity contribution in [3.63, 3.8) is 0 Å². The van der Waals surface area contributed by atoms with Crippen molar-refractivity contribution in [2.45, 2.75) is 19.8 Å². The van der Waals surface area contributed by atoms with Gasteiger partial charge >= 0.3 is 0 Å². The van der Waals surface area contributed by atoms with Crippen LogP contribution >= 0.6 is 0 Å². The summed E-state index contributed by atoms with van der Waals surface area (Å²) in [4.78, 5) is 9.31. The number of aromatic nitrogens is 4. The molecule has 2 aromatic carbocycles. The number of nitrogens with zero attached hydrogens (tertiary/aromatic N) is 4. The highest BCUT2D eigenvalue weighted by Gasteiger charge is 2.14. The van der Waals surface area contributed by atoms with Gasteiger partial charge in [0, 0.05) is 24.1 Å².